The molecule has 0 saturated heterocycles. The Morgan fingerprint density at radius 3 is 2.23 bits per heavy atom. The van der Waals surface area contributed by atoms with Gasteiger partial charge in [-0.3, -0.25) is 14.4 Å². The third kappa shape index (κ3) is 5.79. The predicted molar refractivity (Wildman–Crippen MR) is 158 cm³/mol. The van der Waals surface area contributed by atoms with Crippen LogP contribution in [0.1, 0.15) is 50.3 Å². The number of para-hydroxylation sites is 1. The van der Waals surface area contributed by atoms with Gasteiger partial charge in [-0.05, 0) is 79.9 Å². The van der Waals surface area contributed by atoms with E-state index in [4.69, 9.17) is 4.74 Å². The molecule has 3 aromatic carbocycles. The number of benzene rings is 3. The van der Waals surface area contributed by atoms with E-state index >= 15 is 0 Å². The van der Waals surface area contributed by atoms with Crippen LogP contribution in [0.15, 0.2) is 83.7 Å². The number of carbonyl (C=O) groups excluding carboxylic acids is 2. The van der Waals surface area contributed by atoms with Crippen LogP contribution in [0.3, 0.4) is 0 Å². The Morgan fingerprint density at radius 2 is 1.52 bits per heavy atom. The zero-order valence-corrected chi connectivity index (χ0v) is 23.2. The molecule has 0 radical (unpaired) electrons. The van der Waals surface area contributed by atoms with E-state index in [0.29, 0.717) is 35.0 Å². The highest BCUT2D eigenvalue weighted by atomic mass is 32.1. The van der Waals surface area contributed by atoms with Crippen molar-refractivity contribution in [2.75, 3.05) is 10.6 Å². The van der Waals surface area contributed by atoms with Crippen molar-refractivity contribution < 1.29 is 14.3 Å². The summed E-state index contributed by atoms with van der Waals surface area (Å²) in [6.45, 7) is 5.92. The first kappa shape index (κ1) is 26.8. The molecule has 2 N–H and O–H groups in total. The maximum absolute atomic E-state index is 13.6. The molecule has 2 aromatic heterocycles. The molecular formula is C31H28N4O4S. The summed E-state index contributed by atoms with van der Waals surface area (Å²) in [6, 6.07) is 23.2. The number of aryl methyl sites for hydroxylation is 3. The van der Waals surface area contributed by atoms with Crippen molar-refractivity contribution in [1.82, 2.24) is 9.38 Å². The highest BCUT2D eigenvalue weighted by molar-refractivity contribution is 7.19. The smallest absolute Gasteiger partial charge is 0.274 e. The lowest BCUT2D eigenvalue weighted by atomic mass is 10.1. The van der Waals surface area contributed by atoms with Gasteiger partial charge in [0.1, 0.15) is 22.1 Å². The van der Waals surface area contributed by atoms with Crippen LogP contribution in [-0.2, 0) is 6.42 Å². The lowest BCUT2D eigenvalue weighted by Crippen LogP contribution is -2.25. The molecule has 2 amide bonds. The maximum atomic E-state index is 13.6. The average Bonchev–Trinajstić information content (AvgIpc) is 3.33. The fourth-order valence-corrected chi connectivity index (χ4v) is 5.24. The van der Waals surface area contributed by atoms with Gasteiger partial charge in [-0.25, -0.2) is 9.38 Å². The third-order valence-electron chi connectivity index (χ3n) is 6.36. The van der Waals surface area contributed by atoms with Crippen LogP contribution in [0.25, 0.3) is 4.96 Å². The van der Waals surface area contributed by atoms with Gasteiger partial charge in [0.15, 0.2) is 4.96 Å². The van der Waals surface area contributed by atoms with Crippen LogP contribution in [-0.4, -0.2) is 21.2 Å². The van der Waals surface area contributed by atoms with E-state index in [0.717, 1.165) is 28.9 Å². The molecular weight excluding hydrogens is 524 g/mol. The van der Waals surface area contributed by atoms with Crippen molar-refractivity contribution in [3.8, 4) is 11.5 Å². The number of anilines is 2. The van der Waals surface area contributed by atoms with Crippen LogP contribution in [0, 0.1) is 13.8 Å². The molecule has 0 fully saturated rings. The largest absolute Gasteiger partial charge is 0.457 e. The summed E-state index contributed by atoms with van der Waals surface area (Å²) in [5.74, 6) is 0.218. The van der Waals surface area contributed by atoms with Crippen molar-refractivity contribution >= 4 is 39.5 Å². The fourth-order valence-electron chi connectivity index (χ4n) is 4.19. The Morgan fingerprint density at radius 1 is 0.850 bits per heavy atom. The molecule has 8 nitrogen and oxygen atoms in total. The van der Waals surface area contributed by atoms with E-state index in [2.05, 4.69) is 15.6 Å². The van der Waals surface area contributed by atoms with E-state index in [-0.39, 0.29) is 15.5 Å². The Balaban J connectivity index is 1.47. The van der Waals surface area contributed by atoms with E-state index in [1.54, 1.807) is 30.3 Å². The zero-order chi connectivity index (χ0) is 28.2. The second-order valence-electron chi connectivity index (χ2n) is 9.38. The second kappa shape index (κ2) is 11.5. The molecule has 9 heteroatoms. The standard InChI is InChI=1S/C31H28N4O4S/c1-4-8-22-18-26(36)35-27(29(37)33-23-12-11-19(2)20(3)17-23)28(40-31(35)34-22)30(38)32-21-13-15-25(16-14-21)39-24-9-6-5-7-10-24/h5-7,9-18H,4,8H2,1-3H3,(H,32,38)(H,33,37). The SMILES string of the molecule is CCCc1cc(=O)n2c(C(=O)Nc3ccc(C)c(C)c3)c(C(=O)Nc3ccc(Oc4ccccc4)cc3)sc2n1. The van der Waals surface area contributed by atoms with Crippen LogP contribution < -0.4 is 20.9 Å². The number of aromatic nitrogens is 2. The van der Waals surface area contributed by atoms with Crippen LogP contribution >= 0.6 is 11.3 Å². The second-order valence-corrected chi connectivity index (χ2v) is 10.4. The quantitative estimate of drug-likeness (QED) is 0.225. The van der Waals surface area contributed by atoms with Gasteiger partial charge in [-0.2, -0.15) is 0 Å². The molecule has 0 aliphatic heterocycles. The molecule has 5 rings (SSSR count). The van der Waals surface area contributed by atoms with Crippen LogP contribution in [0.4, 0.5) is 11.4 Å². The minimum absolute atomic E-state index is 0.0553. The minimum Gasteiger partial charge on any atom is -0.457 e. The maximum Gasteiger partial charge on any atom is 0.274 e. The number of rotatable bonds is 8. The molecule has 0 bridgehead atoms. The molecule has 0 unspecified atom stereocenters. The summed E-state index contributed by atoms with van der Waals surface area (Å²) >= 11 is 1.01. The Hall–Kier alpha value is -4.76. The number of thiazole rings is 1. The summed E-state index contributed by atoms with van der Waals surface area (Å²) in [7, 11) is 0. The summed E-state index contributed by atoms with van der Waals surface area (Å²) in [4.78, 5) is 45.1. The van der Waals surface area contributed by atoms with Gasteiger partial charge >= 0.3 is 0 Å². The Kier molecular flexibility index (Phi) is 7.75. The molecule has 202 valence electrons. The topological polar surface area (TPSA) is 102 Å². The van der Waals surface area contributed by atoms with Gasteiger partial charge in [-0.1, -0.05) is 48.9 Å². The first-order chi connectivity index (χ1) is 19.3. The summed E-state index contributed by atoms with van der Waals surface area (Å²) in [6.07, 6.45) is 1.43. The van der Waals surface area contributed by atoms with Crippen LogP contribution in [0.2, 0.25) is 0 Å². The monoisotopic (exact) mass is 552 g/mol. The van der Waals surface area contributed by atoms with E-state index in [1.165, 1.54) is 10.5 Å². The highest BCUT2D eigenvalue weighted by Gasteiger charge is 2.26. The van der Waals surface area contributed by atoms with Crippen LogP contribution in [0.5, 0.6) is 11.5 Å². The van der Waals surface area contributed by atoms with E-state index in [1.807, 2.05) is 63.2 Å². The summed E-state index contributed by atoms with van der Waals surface area (Å²) in [5.41, 5.74) is 3.33. The third-order valence-corrected chi connectivity index (χ3v) is 7.40. The molecule has 40 heavy (non-hydrogen) atoms. The van der Waals surface area contributed by atoms with Gasteiger partial charge in [0, 0.05) is 23.1 Å². The normalized spacial score (nSPS) is 10.9. The number of amides is 2. The Bertz CT molecular complexity index is 1760. The summed E-state index contributed by atoms with van der Waals surface area (Å²) in [5, 5.41) is 5.68. The molecule has 0 aliphatic carbocycles. The average molecular weight is 553 g/mol. The number of fused-ring (bicyclic) bond motifs is 1. The van der Waals surface area contributed by atoms with Gasteiger partial charge in [-0.15, -0.1) is 0 Å². The fraction of sp³-hybridized carbons (Fsp3) is 0.161. The van der Waals surface area contributed by atoms with Crippen molar-refractivity contribution in [1.29, 1.82) is 0 Å². The molecule has 0 aliphatic rings. The van der Waals surface area contributed by atoms with Gasteiger partial charge in [0.05, 0.1) is 0 Å². The lowest BCUT2D eigenvalue weighted by Gasteiger charge is -2.10. The number of hydrogen-bond acceptors (Lipinski definition) is 6. The van der Waals surface area contributed by atoms with Gasteiger partial charge in [0.25, 0.3) is 17.4 Å². The first-order valence-corrected chi connectivity index (χ1v) is 13.7. The van der Waals surface area contributed by atoms with Gasteiger partial charge < -0.3 is 15.4 Å². The molecule has 0 saturated carbocycles. The predicted octanol–water partition coefficient (Wildman–Crippen LogP) is 6.62. The van der Waals surface area contributed by atoms with Gasteiger partial charge in [0.2, 0.25) is 0 Å². The Labute approximate surface area is 235 Å². The van der Waals surface area contributed by atoms with Crippen molar-refractivity contribution in [2.45, 2.75) is 33.6 Å². The molecule has 5 aromatic rings. The number of carbonyl (C=O) groups is 2. The molecule has 2 heterocycles. The highest BCUT2D eigenvalue weighted by Crippen LogP contribution is 2.26. The lowest BCUT2D eigenvalue weighted by molar-refractivity contribution is 0.0989. The summed E-state index contributed by atoms with van der Waals surface area (Å²) < 4.78 is 7.03. The van der Waals surface area contributed by atoms with Crippen molar-refractivity contribution in [3.63, 3.8) is 0 Å². The number of nitrogens with zero attached hydrogens (tertiary/aromatic N) is 2. The molecule has 0 atom stereocenters. The van der Waals surface area contributed by atoms with E-state index in [9.17, 15) is 14.4 Å². The number of ether oxygens (including phenoxy) is 1. The van der Waals surface area contributed by atoms with Crippen molar-refractivity contribution in [2.24, 2.45) is 0 Å². The molecule has 0 spiro atoms. The minimum atomic E-state index is -0.571. The zero-order valence-electron chi connectivity index (χ0n) is 22.4. The van der Waals surface area contributed by atoms with Crippen molar-refractivity contribution in [3.05, 3.63) is 117 Å². The first-order valence-electron chi connectivity index (χ1n) is 12.9. The number of hydrogen-bond donors (Lipinski definition) is 2. The number of nitrogens with one attached hydrogen (secondary N) is 2. The van der Waals surface area contributed by atoms with E-state index < -0.39 is 17.4 Å².